The SMILES string of the molecule is CCC1COCCN1C1CCC1CNC(C)(C)C. The van der Waals surface area contributed by atoms with Gasteiger partial charge >= 0.3 is 0 Å². The van der Waals surface area contributed by atoms with Gasteiger partial charge in [-0.15, -0.1) is 0 Å². The molecule has 1 heterocycles. The predicted molar refractivity (Wildman–Crippen MR) is 75.9 cm³/mol. The highest BCUT2D eigenvalue weighted by molar-refractivity contribution is 4.94. The Morgan fingerprint density at radius 3 is 2.61 bits per heavy atom. The van der Waals surface area contributed by atoms with E-state index in [4.69, 9.17) is 4.74 Å². The van der Waals surface area contributed by atoms with Gasteiger partial charge in [-0.25, -0.2) is 0 Å². The molecule has 3 atom stereocenters. The van der Waals surface area contributed by atoms with E-state index in [1.807, 2.05) is 0 Å². The van der Waals surface area contributed by atoms with Gasteiger partial charge < -0.3 is 10.1 Å². The van der Waals surface area contributed by atoms with E-state index >= 15 is 0 Å². The number of morpholine rings is 1. The van der Waals surface area contributed by atoms with Crippen molar-refractivity contribution in [2.75, 3.05) is 26.3 Å². The van der Waals surface area contributed by atoms with Crippen LogP contribution in [0.5, 0.6) is 0 Å². The fourth-order valence-electron chi connectivity index (χ4n) is 3.12. The molecule has 2 aliphatic rings. The second kappa shape index (κ2) is 5.89. The number of ether oxygens (including phenoxy) is 1. The summed E-state index contributed by atoms with van der Waals surface area (Å²) in [5, 5.41) is 3.67. The summed E-state index contributed by atoms with van der Waals surface area (Å²) in [4.78, 5) is 2.72. The highest BCUT2D eigenvalue weighted by atomic mass is 16.5. The molecule has 0 bridgehead atoms. The van der Waals surface area contributed by atoms with Crippen molar-refractivity contribution in [1.82, 2.24) is 10.2 Å². The van der Waals surface area contributed by atoms with Crippen LogP contribution in [0.2, 0.25) is 0 Å². The third-order valence-corrected chi connectivity index (χ3v) is 4.44. The van der Waals surface area contributed by atoms with Gasteiger partial charge in [0.2, 0.25) is 0 Å². The maximum Gasteiger partial charge on any atom is 0.0622 e. The third-order valence-electron chi connectivity index (χ3n) is 4.44. The highest BCUT2D eigenvalue weighted by Crippen LogP contribution is 2.34. The number of hydrogen-bond donors (Lipinski definition) is 1. The topological polar surface area (TPSA) is 24.5 Å². The lowest BCUT2D eigenvalue weighted by atomic mass is 9.77. The number of nitrogens with zero attached hydrogens (tertiary/aromatic N) is 1. The lowest BCUT2D eigenvalue weighted by Crippen LogP contribution is -2.58. The van der Waals surface area contributed by atoms with Crippen LogP contribution in [0, 0.1) is 5.92 Å². The summed E-state index contributed by atoms with van der Waals surface area (Å²) in [7, 11) is 0. The van der Waals surface area contributed by atoms with Crippen molar-refractivity contribution in [3.05, 3.63) is 0 Å². The number of hydrogen-bond acceptors (Lipinski definition) is 3. The molecule has 106 valence electrons. The van der Waals surface area contributed by atoms with E-state index in [9.17, 15) is 0 Å². The number of rotatable bonds is 4. The zero-order valence-corrected chi connectivity index (χ0v) is 12.5. The monoisotopic (exact) mass is 254 g/mol. The average Bonchev–Trinajstić information content (AvgIpc) is 2.27. The second-order valence-corrected chi connectivity index (χ2v) is 6.91. The Kier molecular flexibility index (Phi) is 4.68. The van der Waals surface area contributed by atoms with E-state index in [-0.39, 0.29) is 5.54 Å². The number of nitrogens with one attached hydrogen (secondary N) is 1. The average molecular weight is 254 g/mol. The predicted octanol–water partition coefficient (Wildman–Crippen LogP) is 2.26. The van der Waals surface area contributed by atoms with Gasteiger partial charge in [0, 0.05) is 24.2 Å². The molecule has 2 fully saturated rings. The summed E-state index contributed by atoms with van der Waals surface area (Å²) < 4.78 is 5.61. The van der Waals surface area contributed by atoms with Crippen LogP contribution in [0.1, 0.15) is 47.0 Å². The summed E-state index contributed by atoms with van der Waals surface area (Å²) in [5.41, 5.74) is 0.245. The van der Waals surface area contributed by atoms with E-state index in [0.29, 0.717) is 6.04 Å². The van der Waals surface area contributed by atoms with Crippen molar-refractivity contribution in [2.24, 2.45) is 5.92 Å². The molecule has 1 aliphatic heterocycles. The first-order valence-electron chi connectivity index (χ1n) is 7.60. The summed E-state index contributed by atoms with van der Waals surface area (Å²) >= 11 is 0. The Hall–Kier alpha value is -0.120. The summed E-state index contributed by atoms with van der Waals surface area (Å²) in [6, 6.07) is 1.45. The Bertz CT molecular complexity index is 262. The molecule has 3 heteroatoms. The Balaban J connectivity index is 1.84. The van der Waals surface area contributed by atoms with Crippen LogP contribution in [-0.2, 0) is 4.74 Å². The molecular weight excluding hydrogens is 224 g/mol. The normalized spacial score (nSPS) is 34.3. The zero-order chi connectivity index (χ0) is 13.2. The highest BCUT2D eigenvalue weighted by Gasteiger charge is 2.39. The molecule has 18 heavy (non-hydrogen) atoms. The maximum atomic E-state index is 5.61. The van der Waals surface area contributed by atoms with Crippen LogP contribution in [0.4, 0.5) is 0 Å². The molecule has 0 spiro atoms. The van der Waals surface area contributed by atoms with Crippen molar-refractivity contribution in [1.29, 1.82) is 0 Å². The minimum Gasteiger partial charge on any atom is -0.378 e. The molecule has 1 saturated heterocycles. The van der Waals surface area contributed by atoms with Gasteiger partial charge in [-0.1, -0.05) is 6.92 Å². The molecule has 3 nitrogen and oxygen atoms in total. The van der Waals surface area contributed by atoms with Crippen molar-refractivity contribution in [3.63, 3.8) is 0 Å². The molecule has 0 aromatic carbocycles. The molecule has 0 radical (unpaired) electrons. The Morgan fingerprint density at radius 2 is 2.06 bits per heavy atom. The van der Waals surface area contributed by atoms with Crippen LogP contribution in [0.3, 0.4) is 0 Å². The van der Waals surface area contributed by atoms with Crippen molar-refractivity contribution in [2.45, 2.75) is 64.6 Å². The Morgan fingerprint density at radius 1 is 1.28 bits per heavy atom. The van der Waals surface area contributed by atoms with Crippen molar-refractivity contribution in [3.8, 4) is 0 Å². The lowest BCUT2D eigenvalue weighted by Gasteiger charge is -2.50. The largest absolute Gasteiger partial charge is 0.378 e. The smallest absolute Gasteiger partial charge is 0.0622 e. The van der Waals surface area contributed by atoms with E-state index in [0.717, 1.165) is 31.7 Å². The van der Waals surface area contributed by atoms with Crippen LogP contribution in [0.15, 0.2) is 0 Å². The minimum absolute atomic E-state index is 0.245. The quantitative estimate of drug-likeness (QED) is 0.833. The van der Waals surface area contributed by atoms with E-state index < -0.39 is 0 Å². The molecule has 1 N–H and O–H groups in total. The summed E-state index contributed by atoms with van der Waals surface area (Å²) in [5.74, 6) is 0.844. The van der Waals surface area contributed by atoms with Gasteiger partial charge in [-0.3, -0.25) is 4.90 Å². The fourth-order valence-corrected chi connectivity index (χ4v) is 3.12. The van der Waals surface area contributed by atoms with Crippen LogP contribution in [-0.4, -0.2) is 48.8 Å². The van der Waals surface area contributed by atoms with Gasteiger partial charge in [0.25, 0.3) is 0 Å². The maximum absolute atomic E-state index is 5.61. The van der Waals surface area contributed by atoms with Crippen LogP contribution in [0.25, 0.3) is 0 Å². The molecule has 3 unspecified atom stereocenters. The van der Waals surface area contributed by atoms with Gasteiger partial charge in [0.05, 0.1) is 13.2 Å². The molecule has 0 aromatic heterocycles. The molecule has 0 aromatic rings. The second-order valence-electron chi connectivity index (χ2n) is 6.91. The molecule has 1 saturated carbocycles. The van der Waals surface area contributed by atoms with E-state index in [2.05, 4.69) is 37.9 Å². The molecule has 1 aliphatic carbocycles. The summed E-state index contributed by atoms with van der Waals surface area (Å²) in [6.07, 6.45) is 3.99. The van der Waals surface area contributed by atoms with Crippen molar-refractivity contribution >= 4 is 0 Å². The van der Waals surface area contributed by atoms with Crippen molar-refractivity contribution < 1.29 is 4.74 Å². The Labute approximate surface area is 112 Å². The fraction of sp³-hybridized carbons (Fsp3) is 1.00. The van der Waals surface area contributed by atoms with E-state index in [1.165, 1.54) is 25.8 Å². The first-order chi connectivity index (χ1) is 8.51. The van der Waals surface area contributed by atoms with Crippen LogP contribution >= 0.6 is 0 Å². The molecule has 2 rings (SSSR count). The zero-order valence-electron chi connectivity index (χ0n) is 12.5. The lowest BCUT2D eigenvalue weighted by molar-refractivity contribution is -0.0664. The molecule has 0 amide bonds. The van der Waals surface area contributed by atoms with E-state index in [1.54, 1.807) is 0 Å². The van der Waals surface area contributed by atoms with Gasteiger partial charge in [0.1, 0.15) is 0 Å². The first kappa shape index (κ1) is 14.3. The molecular formula is C15H30N2O. The van der Waals surface area contributed by atoms with Crippen LogP contribution < -0.4 is 5.32 Å². The standard InChI is InChI=1S/C15H30N2O/c1-5-13-11-18-9-8-17(13)14-7-6-12(14)10-16-15(2,3)4/h12-14,16H,5-11H2,1-4H3. The first-order valence-corrected chi connectivity index (χ1v) is 7.60. The van der Waals surface area contributed by atoms with Gasteiger partial charge in [0.15, 0.2) is 0 Å². The minimum atomic E-state index is 0.245. The van der Waals surface area contributed by atoms with Gasteiger partial charge in [-0.2, -0.15) is 0 Å². The third kappa shape index (κ3) is 3.46. The summed E-state index contributed by atoms with van der Waals surface area (Å²) in [6.45, 7) is 13.2. The van der Waals surface area contributed by atoms with Gasteiger partial charge in [-0.05, 0) is 52.5 Å².